The smallest absolute Gasteiger partial charge is 0.193 e. The number of rotatable bonds is 8. The summed E-state index contributed by atoms with van der Waals surface area (Å²) in [5.74, 6) is -0.0647. The highest BCUT2D eigenvalue weighted by molar-refractivity contribution is 6.11. The van der Waals surface area contributed by atoms with Crippen LogP contribution in [0.5, 0.6) is 0 Å². The molecule has 0 aliphatic heterocycles. The molecule has 146 valence electrons. The minimum atomic E-state index is -0.868. The molecule has 0 saturated heterocycles. The lowest BCUT2D eigenvalue weighted by Gasteiger charge is -2.32. The van der Waals surface area contributed by atoms with Crippen LogP contribution in [0.4, 0.5) is 0 Å². The van der Waals surface area contributed by atoms with Gasteiger partial charge >= 0.3 is 0 Å². The number of aliphatic hydroxyl groups excluding tert-OH is 3. The Hall–Kier alpha value is -2.01. The third-order valence-electron chi connectivity index (χ3n) is 5.67. The van der Waals surface area contributed by atoms with Gasteiger partial charge in [0.1, 0.15) is 0 Å². The minimum Gasteiger partial charge on any atom is -0.396 e. The average Bonchev–Trinajstić information content (AvgIpc) is 2.66. The molecule has 3 N–H and O–H groups in total. The van der Waals surface area contributed by atoms with E-state index in [0.717, 1.165) is 16.7 Å². The maximum Gasteiger partial charge on any atom is 0.193 e. The molecule has 0 amide bonds. The van der Waals surface area contributed by atoms with Gasteiger partial charge in [-0.15, -0.1) is 0 Å². The van der Waals surface area contributed by atoms with Crippen molar-refractivity contribution in [1.29, 1.82) is 0 Å². The SMILES string of the molecule is CCC(CO)(CO)CC(O)c1c(C)cc(C)c(C(=O)c2ccccc2)c1C. The maximum atomic E-state index is 13.1. The Kier molecular flexibility index (Phi) is 6.93. The molecule has 0 fully saturated rings. The Morgan fingerprint density at radius 2 is 1.63 bits per heavy atom. The molecule has 1 unspecified atom stereocenters. The van der Waals surface area contributed by atoms with Gasteiger partial charge in [-0.25, -0.2) is 0 Å². The van der Waals surface area contributed by atoms with Gasteiger partial charge in [0.2, 0.25) is 0 Å². The fourth-order valence-electron chi connectivity index (χ4n) is 3.86. The molecule has 0 aliphatic carbocycles. The monoisotopic (exact) mass is 370 g/mol. The molecule has 4 nitrogen and oxygen atoms in total. The number of carbonyl (C=O) groups is 1. The molecular weight excluding hydrogens is 340 g/mol. The summed E-state index contributed by atoms with van der Waals surface area (Å²) in [6.45, 7) is 7.18. The van der Waals surface area contributed by atoms with Crippen LogP contribution in [0, 0.1) is 26.2 Å². The summed E-state index contributed by atoms with van der Waals surface area (Å²) in [5.41, 5.74) is 3.73. The molecule has 27 heavy (non-hydrogen) atoms. The highest BCUT2D eigenvalue weighted by Gasteiger charge is 2.32. The summed E-state index contributed by atoms with van der Waals surface area (Å²) in [7, 11) is 0. The molecule has 2 rings (SSSR count). The molecule has 0 bridgehead atoms. The van der Waals surface area contributed by atoms with E-state index in [4.69, 9.17) is 0 Å². The predicted octanol–water partition coefficient (Wildman–Crippen LogP) is 3.65. The standard InChI is InChI=1S/C23H30O4/c1-5-23(13-24,14-25)12-19(26)20-15(2)11-16(3)21(17(20)4)22(27)18-9-7-6-8-10-18/h6-11,19,24-26H,5,12-14H2,1-4H3. The van der Waals surface area contributed by atoms with Crippen LogP contribution in [0.3, 0.4) is 0 Å². The predicted molar refractivity (Wildman–Crippen MR) is 107 cm³/mol. The Morgan fingerprint density at radius 3 is 2.15 bits per heavy atom. The lowest BCUT2D eigenvalue weighted by Crippen LogP contribution is -2.31. The van der Waals surface area contributed by atoms with E-state index in [1.807, 2.05) is 52.0 Å². The van der Waals surface area contributed by atoms with Crippen molar-refractivity contribution >= 4 is 5.78 Å². The van der Waals surface area contributed by atoms with E-state index in [0.29, 0.717) is 23.1 Å². The zero-order chi connectivity index (χ0) is 20.2. The lowest BCUT2D eigenvalue weighted by molar-refractivity contribution is 0.00283. The number of hydrogen-bond acceptors (Lipinski definition) is 4. The van der Waals surface area contributed by atoms with E-state index < -0.39 is 11.5 Å². The zero-order valence-electron chi connectivity index (χ0n) is 16.6. The van der Waals surface area contributed by atoms with Crippen LogP contribution in [0.25, 0.3) is 0 Å². The van der Waals surface area contributed by atoms with Crippen LogP contribution in [0.15, 0.2) is 36.4 Å². The number of aliphatic hydroxyl groups is 3. The first-order valence-electron chi connectivity index (χ1n) is 9.40. The van der Waals surface area contributed by atoms with Gasteiger partial charge in [0.15, 0.2) is 5.78 Å². The van der Waals surface area contributed by atoms with Gasteiger partial charge in [-0.3, -0.25) is 4.79 Å². The van der Waals surface area contributed by atoms with E-state index in [2.05, 4.69) is 0 Å². The van der Waals surface area contributed by atoms with Gasteiger partial charge in [-0.05, 0) is 55.9 Å². The van der Waals surface area contributed by atoms with E-state index in [9.17, 15) is 20.1 Å². The third kappa shape index (κ3) is 4.29. The molecule has 0 radical (unpaired) electrons. The number of carbonyl (C=O) groups excluding carboxylic acids is 1. The molecule has 0 heterocycles. The Bertz CT molecular complexity index is 784. The first-order valence-corrected chi connectivity index (χ1v) is 9.40. The molecule has 0 saturated carbocycles. The molecule has 2 aromatic carbocycles. The normalized spacial score (nSPS) is 12.9. The maximum absolute atomic E-state index is 13.1. The molecule has 4 heteroatoms. The fourth-order valence-corrected chi connectivity index (χ4v) is 3.86. The highest BCUT2D eigenvalue weighted by atomic mass is 16.3. The topological polar surface area (TPSA) is 77.8 Å². The van der Waals surface area contributed by atoms with Crippen molar-refractivity contribution in [3.8, 4) is 0 Å². The fraction of sp³-hybridized carbons (Fsp3) is 0.435. The van der Waals surface area contributed by atoms with Crippen LogP contribution >= 0.6 is 0 Å². The van der Waals surface area contributed by atoms with Crippen molar-refractivity contribution in [3.05, 3.63) is 69.8 Å². The average molecular weight is 370 g/mol. The lowest BCUT2D eigenvalue weighted by atomic mass is 9.77. The van der Waals surface area contributed by atoms with Crippen molar-refractivity contribution in [3.63, 3.8) is 0 Å². The number of ketones is 1. The van der Waals surface area contributed by atoms with Gasteiger partial charge in [0.25, 0.3) is 0 Å². The first kappa shape index (κ1) is 21.3. The summed E-state index contributed by atoms with van der Waals surface area (Å²) in [6, 6.07) is 11.0. The van der Waals surface area contributed by atoms with E-state index in [1.54, 1.807) is 12.1 Å². The molecule has 1 atom stereocenters. The van der Waals surface area contributed by atoms with Gasteiger partial charge in [-0.2, -0.15) is 0 Å². The quantitative estimate of drug-likeness (QED) is 0.620. The molecule has 2 aromatic rings. The second kappa shape index (κ2) is 8.79. The van der Waals surface area contributed by atoms with Crippen LogP contribution in [0.1, 0.15) is 64.0 Å². The van der Waals surface area contributed by atoms with Gasteiger partial charge in [0, 0.05) is 16.5 Å². The first-order chi connectivity index (χ1) is 12.8. The second-order valence-electron chi connectivity index (χ2n) is 7.51. The summed E-state index contributed by atoms with van der Waals surface area (Å²) < 4.78 is 0. The van der Waals surface area contributed by atoms with E-state index in [-0.39, 0.29) is 25.4 Å². The van der Waals surface area contributed by atoms with Crippen molar-refractivity contribution < 1.29 is 20.1 Å². The van der Waals surface area contributed by atoms with Gasteiger partial charge < -0.3 is 15.3 Å². The summed E-state index contributed by atoms with van der Waals surface area (Å²) in [4.78, 5) is 13.1. The van der Waals surface area contributed by atoms with E-state index >= 15 is 0 Å². The molecule has 0 aliphatic rings. The molecule has 0 aromatic heterocycles. The van der Waals surface area contributed by atoms with Crippen LogP contribution < -0.4 is 0 Å². The van der Waals surface area contributed by atoms with Crippen LogP contribution in [0.2, 0.25) is 0 Å². The Balaban J connectivity index is 2.51. The van der Waals surface area contributed by atoms with Crippen molar-refractivity contribution in [2.24, 2.45) is 5.41 Å². The number of aryl methyl sites for hydroxylation is 2. The second-order valence-corrected chi connectivity index (χ2v) is 7.51. The Labute approximate surface area is 161 Å². The van der Waals surface area contributed by atoms with Crippen LogP contribution in [-0.4, -0.2) is 34.3 Å². The van der Waals surface area contributed by atoms with Gasteiger partial charge in [0.05, 0.1) is 19.3 Å². The zero-order valence-corrected chi connectivity index (χ0v) is 16.6. The van der Waals surface area contributed by atoms with Crippen molar-refractivity contribution in [2.75, 3.05) is 13.2 Å². The van der Waals surface area contributed by atoms with Gasteiger partial charge in [-0.1, -0.05) is 43.3 Å². The van der Waals surface area contributed by atoms with E-state index in [1.165, 1.54) is 0 Å². The summed E-state index contributed by atoms with van der Waals surface area (Å²) >= 11 is 0. The third-order valence-corrected chi connectivity index (χ3v) is 5.67. The summed E-state index contributed by atoms with van der Waals surface area (Å²) in [6.07, 6.45) is -0.0796. The summed E-state index contributed by atoms with van der Waals surface area (Å²) in [5, 5.41) is 30.4. The minimum absolute atomic E-state index is 0.0647. The largest absolute Gasteiger partial charge is 0.396 e. The number of hydrogen-bond donors (Lipinski definition) is 3. The number of benzene rings is 2. The van der Waals surface area contributed by atoms with Crippen molar-refractivity contribution in [1.82, 2.24) is 0 Å². The Morgan fingerprint density at radius 1 is 1.04 bits per heavy atom. The molecule has 0 spiro atoms. The molecular formula is C23H30O4. The highest BCUT2D eigenvalue weighted by Crippen LogP contribution is 2.37. The van der Waals surface area contributed by atoms with Crippen molar-refractivity contribution in [2.45, 2.75) is 46.6 Å². The van der Waals surface area contributed by atoms with Crippen LogP contribution in [-0.2, 0) is 0 Å².